The van der Waals surface area contributed by atoms with Gasteiger partial charge in [-0.15, -0.1) is 0 Å². The van der Waals surface area contributed by atoms with Crippen LogP contribution in [0, 0.1) is 0 Å². The lowest BCUT2D eigenvalue weighted by Crippen LogP contribution is -2.43. The van der Waals surface area contributed by atoms with E-state index < -0.39 is 0 Å². The summed E-state index contributed by atoms with van der Waals surface area (Å²) in [5, 5.41) is 3.52. The molecule has 1 aliphatic heterocycles. The van der Waals surface area contributed by atoms with Gasteiger partial charge in [-0.3, -0.25) is 0 Å². The molecular formula is C47H32N4O. The van der Waals surface area contributed by atoms with Crippen molar-refractivity contribution >= 4 is 60.8 Å². The van der Waals surface area contributed by atoms with Crippen molar-refractivity contribution in [2.24, 2.45) is 0 Å². The molecule has 5 heteroatoms. The molecule has 0 saturated carbocycles. The summed E-state index contributed by atoms with van der Waals surface area (Å²) in [6, 6.07) is 52.1. The number of para-hydroxylation sites is 4. The molecule has 11 rings (SSSR count). The van der Waals surface area contributed by atoms with Gasteiger partial charge in [0.1, 0.15) is 23.1 Å². The molecule has 0 saturated heterocycles. The van der Waals surface area contributed by atoms with E-state index >= 15 is 0 Å². The monoisotopic (exact) mass is 668 g/mol. The van der Waals surface area contributed by atoms with Crippen LogP contribution in [0.3, 0.4) is 0 Å². The first-order valence-corrected chi connectivity index (χ1v) is 17.8. The maximum absolute atomic E-state index is 6.28. The molecule has 0 amide bonds. The first kappa shape index (κ1) is 29.1. The second-order valence-corrected chi connectivity index (χ2v) is 14.0. The zero-order valence-corrected chi connectivity index (χ0v) is 28.4. The fourth-order valence-corrected chi connectivity index (χ4v) is 8.92. The Morgan fingerprint density at radius 2 is 1.37 bits per heavy atom. The van der Waals surface area contributed by atoms with Crippen LogP contribution in [0.15, 0.2) is 175 Å². The van der Waals surface area contributed by atoms with Gasteiger partial charge in [-0.25, -0.2) is 9.97 Å². The highest BCUT2D eigenvalue weighted by atomic mass is 16.3. The van der Waals surface area contributed by atoms with Crippen molar-refractivity contribution in [2.45, 2.75) is 18.4 Å². The topological polar surface area (TPSA) is 47.1 Å². The molecule has 0 bridgehead atoms. The number of anilines is 2. The van der Waals surface area contributed by atoms with Crippen molar-refractivity contribution < 1.29 is 4.42 Å². The van der Waals surface area contributed by atoms with E-state index in [1.54, 1.807) is 6.33 Å². The van der Waals surface area contributed by atoms with Crippen LogP contribution in [0.2, 0.25) is 0 Å². The molecular weight excluding hydrogens is 637 g/mol. The first-order chi connectivity index (χ1) is 25.7. The maximum atomic E-state index is 6.28. The molecule has 2 unspecified atom stereocenters. The third-order valence-electron chi connectivity index (χ3n) is 11.2. The van der Waals surface area contributed by atoms with Gasteiger partial charge in [-0.1, -0.05) is 109 Å². The highest BCUT2D eigenvalue weighted by Crippen LogP contribution is 2.58. The van der Waals surface area contributed by atoms with Gasteiger partial charge >= 0.3 is 0 Å². The van der Waals surface area contributed by atoms with Crippen LogP contribution >= 0.6 is 0 Å². The number of furan rings is 1. The highest BCUT2D eigenvalue weighted by Gasteiger charge is 2.50. The van der Waals surface area contributed by atoms with Crippen LogP contribution < -0.4 is 4.90 Å². The van der Waals surface area contributed by atoms with Crippen LogP contribution in [0.4, 0.5) is 11.4 Å². The van der Waals surface area contributed by atoms with Crippen LogP contribution in [-0.2, 0) is 0 Å². The lowest BCUT2D eigenvalue weighted by atomic mass is 9.73. The number of rotatable bonds is 4. The summed E-state index contributed by atoms with van der Waals surface area (Å²) in [5.41, 5.74) is 13.6. The summed E-state index contributed by atoms with van der Waals surface area (Å²) in [6.45, 7) is 2.37. The van der Waals surface area contributed by atoms with E-state index in [0.717, 1.165) is 39.1 Å². The van der Waals surface area contributed by atoms with Gasteiger partial charge < -0.3 is 13.9 Å². The third-order valence-corrected chi connectivity index (χ3v) is 11.2. The summed E-state index contributed by atoms with van der Waals surface area (Å²) < 4.78 is 8.68. The van der Waals surface area contributed by atoms with Gasteiger partial charge in [0.25, 0.3) is 0 Å². The van der Waals surface area contributed by atoms with E-state index in [1.807, 2.05) is 24.3 Å². The summed E-state index contributed by atoms with van der Waals surface area (Å²) in [4.78, 5) is 11.8. The molecule has 6 aromatic carbocycles. The molecule has 0 radical (unpaired) electrons. The lowest BCUT2D eigenvalue weighted by Gasteiger charge is -2.41. The van der Waals surface area contributed by atoms with Crippen molar-refractivity contribution in [1.82, 2.24) is 14.5 Å². The summed E-state index contributed by atoms with van der Waals surface area (Å²) in [7, 11) is 0. The molecule has 9 aromatic rings. The predicted molar refractivity (Wildman–Crippen MR) is 212 cm³/mol. The molecule has 3 aromatic heterocycles. The molecule has 2 atom stereocenters. The molecule has 0 N–H and O–H groups in total. The summed E-state index contributed by atoms with van der Waals surface area (Å²) in [5.74, 6) is 0.123. The van der Waals surface area contributed by atoms with Crippen molar-refractivity contribution in [2.75, 3.05) is 4.90 Å². The second-order valence-electron chi connectivity index (χ2n) is 14.0. The number of nitrogens with zero attached hydrogens (tertiary/aromatic N) is 4. The number of fused-ring (bicyclic) bond motifs is 9. The number of allylic oxidation sites excluding steroid dienone is 2. The molecule has 0 fully saturated rings. The smallest absolute Gasteiger partial charge is 0.180 e. The average molecular weight is 669 g/mol. The zero-order chi connectivity index (χ0) is 34.4. The van der Waals surface area contributed by atoms with Crippen LogP contribution in [0.1, 0.15) is 24.0 Å². The largest absolute Gasteiger partial charge is 0.452 e. The molecule has 5 nitrogen and oxygen atoms in total. The average Bonchev–Trinajstić information content (AvgIpc) is 3.83. The van der Waals surface area contributed by atoms with Crippen LogP contribution in [0.25, 0.3) is 66.4 Å². The first-order valence-electron chi connectivity index (χ1n) is 17.8. The van der Waals surface area contributed by atoms with E-state index in [-0.39, 0.29) is 11.5 Å². The minimum absolute atomic E-state index is 0.123. The normalized spacial score (nSPS) is 18.0. The molecule has 246 valence electrons. The number of hydrogen-bond donors (Lipinski definition) is 0. The van der Waals surface area contributed by atoms with E-state index in [0.29, 0.717) is 5.58 Å². The third kappa shape index (κ3) is 4.05. The standard InChI is InChI=1S/C47H32N4O/c1-47-27-11-17-34(31-23-26-36-35-14-5-8-18-39(35)50(41(36)28-31)32-12-3-2-4-13-32)43(47)37-15-6-9-19-40(37)51(47)33-24-21-30(22-25-33)44-46-45(49-29-48-44)38-16-7-10-20-42(38)52-46/h2-29,43H,1H3. The summed E-state index contributed by atoms with van der Waals surface area (Å²) in [6.07, 6.45) is 8.57. The Hall–Kier alpha value is -6.72. The van der Waals surface area contributed by atoms with Crippen molar-refractivity contribution in [3.63, 3.8) is 0 Å². The minimum Gasteiger partial charge on any atom is -0.452 e. The van der Waals surface area contributed by atoms with Gasteiger partial charge in [-0.05, 0) is 78.2 Å². The van der Waals surface area contributed by atoms with Gasteiger partial charge in [0.15, 0.2) is 5.58 Å². The van der Waals surface area contributed by atoms with Gasteiger partial charge in [-0.2, -0.15) is 0 Å². The lowest BCUT2D eigenvalue weighted by molar-refractivity contribution is 0.552. The predicted octanol–water partition coefficient (Wildman–Crippen LogP) is 11.8. The zero-order valence-electron chi connectivity index (χ0n) is 28.4. The Morgan fingerprint density at radius 1 is 0.635 bits per heavy atom. The Bertz CT molecular complexity index is 2930. The number of aromatic nitrogens is 3. The van der Waals surface area contributed by atoms with Gasteiger partial charge in [0, 0.05) is 44.7 Å². The van der Waals surface area contributed by atoms with E-state index in [2.05, 4.69) is 166 Å². The minimum atomic E-state index is -0.336. The Morgan fingerprint density at radius 3 is 2.25 bits per heavy atom. The van der Waals surface area contributed by atoms with E-state index in [1.165, 1.54) is 44.2 Å². The summed E-state index contributed by atoms with van der Waals surface area (Å²) >= 11 is 0. The number of hydrogen-bond acceptors (Lipinski definition) is 4. The maximum Gasteiger partial charge on any atom is 0.180 e. The SMILES string of the molecule is CC12C=CC=C(c3ccc4c5ccccc5n(-c5ccccc5)c4c3)C1c1ccccc1N2c1ccc(-c2ncnc3c2oc2ccccc23)cc1. The molecule has 52 heavy (non-hydrogen) atoms. The van der Waals surface area contributed by atoms with Crippen molar-refractivity contribution in [3.8, 4) is 16.9 Å². The fraction of sp³-hybridized carbons (Fsp3) is 0.0638. The Balaban J connectivity index is 1.02. The van der Waals surface area contributed by atoms with Crippen LogP contribution in [0.5, 0.6) is 0 Å². The van der Waals surface area contributed by atoms with Gasteiger partial charge in [0.2, 0.25) is 0 Å². The van der Waals surface area contributed by atoms with Crippen molar-refractivity contribution in [3.05, 3.63) is 181 Å². The Labute approximate surface area is 300 Å². The number of benzene rings is 6. The van der Waals surface area contributed by atoms with Crippen molar-refractivity contribution in [1.29, 1.82) is 0 Å². The molecule has 2 aliphatic rings. The quantitative estimate of drug-likeness (QED) is 0.187. The highest BCUT2D eigenvalue weighted by molar-refractivity contribution is 6.10. The second kappa shape index (κ2) is 10.9. The van der Waals surface area contributed by atoms with Gasteiger partial charge in [0.05, 0.1) is 16.6 Å². The van der Waals surface area contributed by atoms with Crippen LogP contribution in [-0.4, -0.2) is 20.1 Å². The van der Waals surface area contributed by atoms with E-state index in [9.17, 15) is 0 Å². The molecule has 0 spiro atoms. The molecule has 4 heterocycles. The molecule has 1 aliphatic carbocycles. The van der Waals surface area contributed by atoms with E-state index in [4.69, 9.17) is 4.42 Å². The Kier molecular flexibility index (Phi) is 6.08. The fourth-order valence-electron chi connectivity index (χ4n) is 8.92.